The lowest BCUT2D eigenvalue weighted by atomic mass is 9.96. The third-order valence-electron chi connectivity index (χ3n) is 2.60. The third kappa shape index (κ3) is 2.41. The summed E-state index contributed by atoms with van der Waals surface area (Å²) in [6.07, 6.45) is 3.90. The molecule has 1 aliphatic rings. The molecule has 0 aliphatic carbocycles. The SMILES string of the molecule is NC(C1=COCCC1)c1ccccc1Br. The predicted octanol–water partition coefficient (Wildman–Crippen LogP) is 3.14. The fraction of sp³-hybridized carbons (Fsp3) is 0.333. The van der Waals surface area contributed by atoms with Gasteiger partial charge in [0.2, 0.25) is 0 Å². The van der Waals surface area contributed by atoms with Crippen molar-refractivity contribution in [1.82, 2.24) is 0 Å². The first-order valence-corrected chi connectivity index (χ1v) is 5.89. The molecule has 0 radical (unpaired) electrons. The highest BCUT2D eigenvalue weighted by atomic mass is 79.9. The van der Waals surface area contributed by atoms with Crippen LogP contribution in [0, 0.1) is 0 Å². The van der Waals surface area contributed by atoms with Gasteiger partial charge in [0.05, 0.1) is 18.9 Å². The number of nitrogens with two attached hydrogens (primary N) is 1. The molecule has 1 atom stereocenters. The Morgan fingerprint density at radius 3 is 2.80 bits per heavy atom. The Morgan fingerprint density at radius 1 is 1.33 bits per heavy atom. The Morgan fingerprint density at radius 2 is 2.13 bits per heavy atom. The van der Waals surface area contributed by atoms with Gasteiger partial charge in [0.1, 0.15) is 0 Å². The molecule has 0 fully saturated rings. The van der Waals surface area contributed by atoms with Crippen molar-refractivity contribution < 1.29 is 4.74 Å². The van der Waals surface area contributed by atoms with Gasteiger partial charge < -0.3 is 10.5 Å². The van der Waals surface area contributed by atoms with Crippen molar-refractivity contribution in [2.45, 2.75) is 18.9 Å². The van der Waals surface area contributed by atoms with Gasteiger partial charge in [-0.25, -0.2) is 0 Å². The summed E-state index contributed by atoms with van der Waals surface area (Å²) in [5, 5.41) is 0. The maximum atomic E-state index is 6.19. The Bertz CT molecular complexity index is 376. The summed E-state index contributed by atoms with van der Waals surface area (Å²) in [5.74, 6) is 0. The highest BCUT2D eigenvalue weighted by molar-refractivity contribution is 9.10. The van der Waals surface area contributed by atoms with Gasteiger partial charge in [0, 0.05) is 4.47 Å². The quantitative estimate of drug-likeness (QED) is 0.894. The molecule has 0 aromatic heterocycles. The Balaban J connectivity index is 2.23. The van der Waals surface area contributed by atoms with E-state index in [4.69, 9.17) is 10.5 Å². The van der Waals surface area contributed by atoms with E-state index >= 15 is 0 Å². The molecule has 1 aromatic carbocycles. The molecule has 0 saturated heterocycles. The van der Waals surface area contributed by atoms with Gasteiger partial charge in [-0.3, -0.25) is 0 Å². The molecule has 0 amide bonds. The molecule has 2 nitrogen and oxygen atoms in total. The Hall–Kier alpha value is -0.800. The summed E-state index contributed by atoms with van der Waals surface area (Å²) < 4.78 is 6.37. The minimum absolute atomic E-state index is 0.0547. The van der Waals surface area contributed by atoms with Gasteiger partial charge in [-0.15, -0.1) is 0 Å². The third-order valence-corrected chi connectivity index (χ3v) is 3.32. The molecule has 15 heavy (non-hydrogen) atoms. The Kier molecular flexibility index (Phi) is 3.44. The largest absolute Gasteiger partial charge is 0.501 e. The summed E-state index contributed by atoms with van der Waals surface area (Å²) in [4.78, 5) is 0. The van der Waals surface area contributed by atoms with Gasteiger partial charge in [0.15, 0.2) is 0 Å². The zero-order chi connectivity index (χ0) is 10.7. The average Bonchev–Trinajstić information content (AvgIpc) is 2.30. The summed E-state index contributed by atoms with van der Waals surface area (Å²) >= 11 is 3.52. The zero-order valence-corrected chi connectivity index (χ0v) is 10.0. The molecule has 0 bridgehead atoms. The summed E-state index contributed by atoms with van der Waals surface area (Å²) in [5.41, 5.74) is 8.49. The zero-order valence-electron chi connectivity index (χ0n) is 8.45. The van der Waals surface area contributed by atoms with Crippen LogP contribution >= 0.6 is 15.9 Å². The minimum Gasteiger partial charge on any atom is -0.501 e. The number of rotatable bonds is 2. The number of ether oxygens (including phenoxy) is 1. The molecular weight excluding hydrogens is 254 g/mol. The molecule has 1 heterocycles. The van der Waals surface area contributed by atoms with E-state index in [2.05, 4.69) is 15.9 Å². The second-order valence-corrected chi connectivity index (χ2v) is 4.52. The van der Waals surface area contributed by atoms with Gasteiger partial charge in [-0.1, -0.05) is 34.1 Å². The van der Waals surface area contributed by atoms with E-state index in [0.29, 0.717) is 0 Å². The van der Waals surface area contributed by atoms with Crippen LogP contribution in [0.4, 0.5) is 0 Å². The first kappa shape index (κ1) is 10.7. The van der Waals surface area contributed by atoms with Crippen LogP contribution in [0.1, 0.15) is 24.4 Å². The molecule has 1 aromatic rings. The van der Waals surface area contributed by atoms with E-state index in [9.17, 15) is 0 Å². The van der Waals surface area contributed by atoms with Crippen molar-refractivity contribution in [2.75, 3.05) is 6.61 Å². The first-order chi connectivity index (χ1) is 7.29. The van der Waals surface area contributed by atoms with Gasteiger partial charge in [-0.05, 0) is 30.0 Å². The lowest BCUT2D eigenvalue weighted by Gasteiger charge is -2.20. The lowest BCUT2D eigenvalue weighted by molar-refractivity contribution is 0.221. The van der Waals surface area contributed by atoms with Crippen LogP contribution in [0.15, 0.2) is 40.6 Å². The van der Waals surface area contributed by atoms with Crippen molar-refractivity contribution >= 4 is 15.9 Å². The number of benzene rings is 1. The first-order valence-electron chi connectivity index (χ1n) is 5.09. The summed E-state index contributed by atoms with van der Waals surface area (Å²) in [6.45, 7) is 0.812. The molecular formula is C12H14BrNO. The summed E-state index contributed by atoms with van der Waals surface area (Å²) in [7, 11) is 0. The highest BCUT2D eigenvalue weighted by Crippen LogP contribution is 2.29. The van der Waals surface area contributed by atoms with E-state index in [1.54, 1.807) is 0 Å². The molecule has 2 N–H and O–H groups in total. The maximum absolute atomic E-state index is 6.19. The Labute approximate surface area is 98.2 Å². The number of hydrogen-bond acceptors (Lipinski definition) is 2. The van der Waals surface area contributed by atoms with Crippen molar-refractivity contribution in [1.29, 1.82) is 0 Å². The maximum Gasteiger partial charge on any atom is 0.0876 e. The van der Waals surface area contributed by atoms with Gasteiger partial charge in [-0.2, -0.15) is 0 Å². The molecule has 0 spiro atoms. The van der Waals surface area contributed by atoms with Crippen LogP contribution in [-0.4, -0.2) is 6.61 Å². The van der Waals surface area contributed by atoms with Crippen LogP contribution in [0.25, 0.3) is 0 Å². The fourth-order valence-corrected chi connectivity index (χ4v) is 2.27. The fourth-order valence-electron chi connectivity index (χ4n) is 1.74. The van der Waals surface area contributed by atoms with Crippen molar-refractivity contribution in [2.24, 2.45) is 5.73 Å². The molecule has 0 saturated carbocycles. The van der Waals surface area contributed by atoms with Gasteiger partial charge >= 0.3 is 0 Å². The van der Waals surface area contributed by atoms with E-state index in [0.717, 1.165) is 29.5 Å². The van der Waals surface area contributed by atoms with Crippen molar-refractivity contribution in [3.63, 3.8) is 0 Å². The van der Waals surface area contributed by atoms with E-state index < -0.39 is 0 Å². The monoisotopic (exact) mass is 267 g/mol. The predicted molar refractivity (Wildman–Crippen MR) is 64.3 cm³/mol. The molecule has 1 aliphatic heterocycles. The van der Waals surface area contributed by atoms with Crippen molar-refractivity contribution in [3.8, 4) is 0 Å². The second-order valence-electron chi connectivity index (χ2n) is 3.67. The van der Waals surface area contributed by atoms with E-state index in [-0.39, 0.29) is 6.04 Å². The van der Waals surface area contributed by atoms with Crippen LogP contribution in [-0.2, 0) is 4.74 Å². The van der Waals surface area contributed by atoms with Crippen LogP contribution < -0.4 is 5.73 Å². The number of hydrogen-bond donors (Lipinski definition) is 1. The molecule has 3 heteroatoms. The molecule has 1 unspecified atom stereocenters. The number of halogens is 1. The highest BCUT2D eigenvalue weighted by Gasteiger charge is 2.16. The van der Waals surface area contributed by atoms with E-state index in [1.165, 1.54) is 5.57 Å². The second kappa shape index (κ2) is 4.81. The average molecular weight is 268 g/mol. The molecule has 80 valence electrons. The lowest BCUT2D eigenvalue weighted by Crippen LogP contribution is -2.16. The normalized spacial score (nSPS) is 17.9. The molecule has 2 rings (SSSR count). The van der Waals surface area contributed by atoms with Crippen LogP contribution in [0.2, 0.25) is 0 Å². The van der Waals surface area contributed by atoms with Crippen LogP contribution in [0.5, 0.6) is 0 Å². The smallest absolute Gasteiger partial charge is 0.0876 e. The van der Waals surface area contributed by atoms with Crippen molar-refractivity contribution in [3.05, 3.63) is 46.1 Å². The standard InChI is InChI=1S/C12H14BrNO/c13-11-6-2-1-5-10(11)12(14)9-4-3-7-15-8-9/h1-2,5-6,8,12H,3-4,7,14H2. The van der Waals surface area contributed by atoms with Gasteiger partial charge in [0.25, 0.3) is 0 Å². The van der Waals surface area contributed by atoms with E-state index in [1.807, 2.05) is 30.5 Å². The van der Waals surface area contributed by atoms with Crippen LogP contribution in [0.3, 0.4) is 0 Å². The summed E-state index contributed by atoms with van der Waals surface area (Å²) in [6, 6.07) is 8.00. The topological polar surface area (TPSA) is 35.2 Å². The minimum atomic E-state index is -0.0547.